The molecule has 0 aromatic heterocycles. The number of benzene rings is 1. The largest absolute Gasteiger partial charge is 0.493 e. The highest BCUT2D eigenvalue weighted by Crippen LogP contribution is 2.32. The second kappa shape index (κ2) is 5.03. The van der Waals surface area contributed by atoms with Crippen LogP contribution in [0.5, 0.6) is 11.5 Å². The first-order chi connectivity index (χ1) is 7.62. The number of aliphatic carboxylic acids is 1. The third-order valence-electron chi connectivity index (χ3n) is 2.01. The monoisotopic (exact) mass is 221 g/mol. The predicted molar refractivity (Wildman–Crippen MR) is 55.6 cm³/mol. The minimum Gasteiger partial charge on any atom is -0.493 e. The van der Waals surface area contributed by atoms with Crippen molar-refractivity contribution in [1.29, 1.82) is 5.26 Å². The Balaban J connectivity index is 3.27. The zero-order valence-electron chi connectivity index (χ0n) is 8.98. The Morgan fingerprint density at radius 1 is 1.44 bits per heavy atom. The molecular weight excluding hydrogens is 210 g/mol. The van der Waals surface area contributed by atoms with Crippen LogP contribution in [-0.4, -0.2) is 25.3 Å². The Bertz CT molecular complexity index is 448. The molecule has 16 heavy (non-hydrogen) atoms. The van der Waals surface area contributed by atoms with Gasteiger partial charge in [-0.2, -0.15) is 5.26 Å². The fourth-order valence-corrected chi connectivity index (χ4v) is 1.38. The lowest BCUT2D eigenvalue weighted by atomic mass is 10.1. The number of hydrogen-bond acceptors (Lipinski definition) is 4. The van der Waals surface area contributed by atoms with Gasteiger partial charge in [0.15, 0.2) is 11.5 Å². The predicted octanol–water partition coefficient (Wildman–Crippen LogP) is 1.20. The van der Waals surface area contributed by atoms with E-state index in [2.05, 4.69) is 0 Å². The van der Waals surface area contributed by atoms with Gasteiger partial charge in [-0.05, 0) is 17.7 Å². The van der Waals surface area contributed by atoms with Crippen molar-refractivity contribution in [3.05, 3.63) is 23.3 Å². The van der Waals surface area contributed by atoms with Crippen LogP contribution in [0.2, 0.25) is 0 Å². The van der Waals surface area contributed by atoms with Gasteiger partial charge in [0.2, 0.25) is 0 Å². The quantitative estimate of drug-likeness (QED) is 0.826. The number of carboxylic acids is 1. The number of methoxy groups -OCH3 is 2. The summed E-state index contributed by atoms with van der Waals surface area (Å²) in [7, 11) is 2.86. The number of carbonyl (C=O) groups is 1. The molecule has 0 atom stereocenters. The number of carboxylic acid groups (broad SMARTS) is 1. The minimum atomic E-state index is -0.962. The molecule has 0 bridgehead atoms. The van der Waals surface area contributed by atoms with E-state index in [-0.39, 0.29) is 12.0 Å². The molecule has 5 nitrogen and oxygen atoms in total. The highest BCUT2D eigenvalue weighted by Gasteiger charge is 2.13. The highest BCUT2D eigenvalue weighted by atomic mass is 16.5. The van der Waals surface area contributed by atoms with Gasteiger partial charge in [0.05, 0.1) is 26.2 Å². The first-order valence-electron chi connectivity index (χ1n) is 4.49. The van der Waals surface area contributed by atoms with E-state index in [1.54, 1.807) is 6.07 Å². The summed E-state index contributed by atoms with van der Waals surface area (Å²) in [6, 6.07) is 4.97. The van der Waals surface area contributed by atoms with Crippen LogP contribution in [0.4, 0.5) is 0 Å². The summed E-state index contributed by atoms with van der Waals surface area (Å²) in [5, 5.41) is 17.6. The summed E-state index contributed by atoms with van der Waals surface area (Å²) >= 11 is 0. The van der Waals surface area contributed by atoms with Crippen molar-refractivity contribution >= 4 is 5.97 Å². The average molecular weight is 221 g/mol. The van der Waals surface area contributed by atoms with Gasteiger partial charge in [0, 0.05) is 0 Å². The summed E-state index contributed by atoms with van der Waals surface area (Å²) in [4.78, 5) is 10.6. The third kappa shape index (κ3) is 2.42. The van der Waals surface area contributed by atoms with E-state index in [1.807, 2.05) is 6.07 Å². The molecule has 5 heteroatoms. The molecule has 84 valence electrons. The molecule has 1 N–H and O–H groups in total. The Hall–Kier alpha value is -2.22. The lowest BCUT2D eigenvalue weighted by Crippen LogP contribution is -2.02. The summed E-state index contributed by atoms with van der Waals surface area (Å²) < 4.78 is 10.1. The maximum absolute atomic E-state index is 10.6. The molecule has 0 aliphatic heterocycles. The van der Waals surface area contributed by atoms with Crippen molar-refractivity contribution in [2.45, 2.75) is 6.42 Å². The molecule has 1 aromatic carbocycles. The smallest absolute Gasteiger partial charge is 0.307 e. The Labute approximate surface area is 92.8 Å². The molecule has 0 unspecified atom stereocenters. The Morgan fingerprint density at radius 3 is 2.56 bits per heavy atom. The zero-order valence-corrected chi connectivity index (χ0v) is 8.98. The molecule has 1 aromatic rings. The molecule has 0 saturated heterocycles. The van der Waals surface area contributed by atoms with Gasteiger partial charge < -0.3 is 14.6 Å². The van der Waals surface area contributed by atoms with Crippen LogP contribution in [0.15, 0.2) is 12.1 Å². The number of hydrogen-bond donors (Lipinski definition) is 1. The van der Waals surface area contributed by atoms with Gasteiger partial charge in [0.25, 0.3) is 0 Å². The molecule has 0 heterocycles. The van der Waals surface area contributed by atoms with Crippen molar-refractivity contribution in [2.24, 2.45) is 0 Å². The molecule has 0 radical (unpaired) electrons. The van der Waals surface area contributed by atoms with E-state index >= 15 is 0 Å². The minimum absolute atomic E-state index is 0.158. The second-order valence-electron chi connectivity index (χ2n) is 3.06. The van der Waals surface area contributed by atoms with Crippen LogP contribution in [0, 0.1) is 11.3 Å². The summed E-state index contributed by atoms with van der Waals surface area (Å²) in [6.45, 7) is 0. The average Bonchev–Trinajstić information content (AvgIpc) is 2.26. The normalized spacial score (nSPS) is 9.31. The van der Waals surface area contributed by atoms with Gasteiger partial charge in [-0.1, -0.05) is 0 Å². The van der Waals surface area contributed by atoms with E-state index in [4.69, 9.17) is 19.8 Å². The first-order valence-corrected chi connectivity index (χ1v) is 4.49. The van der Waals surface area contributed by atoms with Crippen LogP contribution < -0.4 is 9.47 Å². The summed E-state index contributed by atoms with van der Waals surface area (Å²) in [5.74, 6) is -0.284. The SMILES string of the molecule is COc1cc(CC(=O)O)cc(C#N)c1OC. The van der Waals surface area contributed by atoms with Crippen LogP contribution >= 0.6 is 0 Å². The van der Waals surface area contributed by atoms with Crippen molar-refractivity contribution in [1.82, 2.24) is 0 Å². The number of ether oxygens (including phenoxy) is 2. The van der Waals surface area contributed by atoms with Gasteiger partial charge >= 0.3 is 5.97 Å². The van der Waals surface area contributed by atoms with Crippen molar-refractivity contribution in [2.75, 3.05) is 14.2 Å². The lowest BCUT2D eigenvalue weighted by molar-refractivity contribution is -0.136. The molecule has 0 fully saturated rings. The number of rotatable bonds is 4. The Morgan fingerprint density at radius 2 is 2.12 bits per heavy atom. The van der Waals surface area contributed by atoms with E-state index < -0.39 is 5.97 Å². The highest BCUT2D eigenvalue weighted by molar-refractivity contribution is 5.71. The van der Waals surface area contributed by atoms with Gasteiger partial charge in [-0.25, -0.2) is 0 Å². The summed E-state index contributed by atoms with van der Waals surface area (Å²) in [6.07, 6.45) is -0.158. The molecular formula is C11H11NO4. The van der Waals surface area contributed by atoms with Gasteiger partial charge in [0.1, 0.15) is 6.07 Å². The van der Waals surface area contributed by atoms with E-state index in [9.17, 15) is 4.79 Å². The van der Waals surface area contributed by atoms with Crippen molar-refractivity contribution < 1.29 is 19.4 Å². The maximum atomic E-state index is 10.6. The van der Waals surface area contributed by atoms with Crippen molar-refractivity contribution in [3.8, 4) is 17.6 Å². The maximum Gasteiger partial charge on any atom is 0.307 e. The fourth-order valence-electron chi connectivity index (χ4n) is 1.38. The fraction of sp³-hybridized carbons (Fsp3) is 0.273. The molecule has 1 rings (SSSR count). The molecule has 0 spiro atoms. The zero-order chi connectivity index (χ0) is 12.1. The molecule has 0 amide bonds. The summed E-state index contributed by atoms with van der Waals surface area (Å²) in [5.41, 5.74) is 0.764. The first kappa shape index (κ1) is 11.9. The van der Waals surface area contributed by atoms with E-state index in [0.29, 0.717) is 17.1 Å². The molecule has 0 saturated carbocycles. The van der Waals surface area contributed by atoms with Crippen LogP contribution in [0.25, 0.3) is 0 Å². The van der Waals surface area contributed by atoms with E-state index in [1.165, 1.54) is 20.3 Å². The molecule has 0 aliphatic carbocycles. The van der Waals surface area contributed by atoms with Crippen LogP contribution in [-0.2, 0) is 11.2 Å². The Kier molecular flexibility index (Phi) is 3.72. The van der Waals surface area contributed by atoms with Gasteiger partial charge in [-0.15, -0.1) is 0 Å². The number of nitrogens with zero attached hydrogens (tertiary/aromatic N) is 1. The van der Waals surface area contributed by atoms with Gasteiger partial charge in [-0.3, -0.25) is 4.79 Å². The van der Waals surface area contributed by atoms with Crippen molar-refractivity contribution in [3.63, 3.8) is 0 Å². The lowest BCUT2D eigenvalue weighted by Gasteiger charge is -2.10. The number of nitriles is 1. The topological polar surface area (TPSA) is 79.5 Å². The third-order valence-corrected chi connectivity index (χ3v) is 2.01. The second-order valence-corrected chi connectivity index (χ2v) is 3.06. The van der Waals surface area contributed by atoms with Crippen LogP contribution in [0.3, 0.4) is 0 Å². The standard InChI is InChI=1S/C11H11NO4/c1-15-9-4-7(5-10(13)14)3-8(6-12)11(9)16-2/h3-4H,5H2,1-2H3,(H,13,14). The van der Waals surface area contributed by atoms with E-state index in [0.717, 1.165) is 0 Å². The van der Waals surface area contributed by atoms with Crippen LogP contribution in [0.1, 0.15) is 11.1 Å². The molecule has 0 aliphatic rings.